The Labute approximate surface area is 122 Å². The summed E-state index contributed by atoms with van der Waals surface area (Å²) in [7, 11) is 0. The van der Waals surface area contributed by atoms with E-state index >= 15 is 0 Å². The first kappa shape index (κ1) is 13.5. The quantitative estimate of drug-likeness (QED) is 0.753. The molecule has 0 bridgehead atoms. The number of benzene rings is 1. The molecule has 6 heteroatoms. The fourth-order valence-corrected chi connectivity index (χ4v) is 2.39. The van der Waals surface area contributed by atoms with E-state index in [-0.39, 0.29) is 5.91 Å². The van der Waals surface area contributed by atoms with Crippen molar-refractivity contribution in [2.24, 2.45) is 0 Å². The lowest BCUT2D eigenvalue weighted by atomic mass is 10.0. The number of rotatable bonds is 3. The van der Waals surface area contributed by atoms with Crippen LogP contribution in [0.4, 0.5) is 17.1 Å². The van der Waals surface area contributed by atoms with Gasteiger partial charge < -0.3 is 20.8 Å². The third-order valence-electron chi connectivity index (χ3n) is 3.67. The molecule has 0 fully saturated rings. The molecule has 1 aromatic heterocycles. The number of nitrogens with zero attached hydrogens (tertiary/aromatic N) is 1. The maximum atomic E-state index is 11.5. The Morgan fingerprint density at radius 3 is 2.90 bits per heavy atom. The Bertz CT molecular complexity index is 686. The first-order chi connectivity index (χ1) is 10.0. The highest BCUT2D eigenvalue weighted by atomic mass is 16.4. The molecule has 1 aliphatic rings. The van der Waals surface area contributed by atoms with E-state index in [4.69, 9.17) is 10.2 Å². The van der Waals surface area contributed by atoms with Gasteiger partial charge in [-0.3, -0.25) is 4.79 Å². The second-order valence-electron chi connectivity index (χ2n) is 5.25. The fraction of sp³-hybridized carbons (Fsp3) is 0.333. The van der Waals surface area contributed by atoms with Crippen LogP contribution in [0.25, 0.3) is 0 Å². The first-order valence-electron chi connectivity index (χ1n) is 6.92. The van der Waals surface area contributed by atoms with Crippen molar-refractivity contribution in [3.8, 4) is 0 Å². The van der Waals surface area contributed by atoms with Crippen LogP contribution >= 0.6 is 0 Å². The molecule has 1 aromatic carbocycles. The lowest BCUT2D eigenvalue weighted by Crippen LogP contribution is -2.19. The smallest absolute Gasteiger partial charge is 0.224 e. The molecule has 0 saturated carbocycles. The van der Waals surface area contributed by atoms with E-state index in [1.807, 2.05) is 26.0 Å². The summed E-state index contributed by atoms with van der Waals surface area (Å²) < 4.78 is 5.52. The van der Waals surface area contributed by atoms with Gasteiger partial charge in [-0.2, -0.15) is 0 Å². The van der Waals surface area contributed by atoms with Gasteiger partial charge in [0.25, 0.3) is 0 Å². The third kappa shape index (κ3) is 2.69. The lowest BCUT2D eigenvalue weighted by molar-refractivity contribution is -0.116. The molecule has 0 saturated heterocycles. The number of fused-ring (bicyclic) bond motifs is 1. The summed E-state index contributed by atoms with van der Waals surface area (Å²) in [5, 5.41) is 6.07. The van der Waals surface area contributed by atoms with Gasteiger partial charge in [0, 0.05) is 12.1 Å². The van der Waals surface area contributed by atoms with Crippen molar-refractivity contribution in [2.75, 3.05) is 16.4 Å². The average molecular weight is 286 g/mol. The molecule has 2 heterocycles. The normalized spacial score (nSPS) is 13.7. The van der Waals surface area contributed by atoms with Crippen LogP contribution in [0.3, 0.4) is 0 Å². The Morgan fingerprint density at radius 2 is 2.19 bits per heavy atom. The van der Waals surface area contributed by atoms with Crippen molar-refractivity contribution in [3.63, 3.8) is 0 Å². The number of oxazole rings is 1. The summed E-state index contributed by atoms with van der Waals surface area (Å²) in [5.41, 5.74) is 10.3. The maximum absolute atomic E-state index is 11.5. The maximum Gasteiger partial charge on any atom is 0.224 e. The van der Waals surface area contributed by atoms with E-state index in [9.17, 15) is 4.79 Å². The Hall–Kier alpha value is -2.50. The molecule has 0 aliphatic carbocycles. The number of aromatic nitrogens is 1. The molecule has 0 spiro atoms. The largest absolute Gasteiger partial charge is 0.444 e. The summed E-state index contributed by atoms with van der Waals surface area (Å²) in [6, 6.07) is 3.77. The third-order valence-corrected chi connectivity index (χ3v) is 3.67. The summed E-state index contributed by atoms with van der Waals surface area (Å²) in [6.45, 7) is 4.24. The molecule has 4 N–H and O–H groups in total. The van der Waals surface area contributed by atoms with Crippen LogP contribution in [0.5, 0.6) is 0 Å². The van der Waals surface area contributed by atoms with Crippen molar-refractivity contribution < 1.29 is 9.21 Å². The zero-order chi connectivity index (χ0) is 15.0. The fourth-order valence-electron chi connectivity index (χ4n) is 2.39. The Balaban J connectivity index is 1.79. The van der Waals surface area contributed by atoms with Gasteiger partial charge in [0.1, 0.15) is 5.76 Å². The highest BCUT2D eigenvalue weighted by molar-refractivity contribution is 5.95. The highest BCUT2D eigenvalue weighted by Crippen LogP contribution is 2.31. The standard InChI is InChI=1S/C15H18N4O2/c1-8-9(2)21-15(18-8)7-17-13-6-12-10(5-11(13)16)3-4-14(20)19-12/h5-6,17H,3-4,7,16H2,1-2H3,(H,19,20). The summed E-state index contributed by atoms with van der Waals surface area (Å²) in [5.74, 6) is 1.47. The number of carbonyl (C=O) groups is 1. The van der Waals surface area contributed by atoms with Gasteiger partial charge in [0.15, 0.2) is 0 Å². The lowest BCUT2D eigenvalue weighted by Gasteiger charge is -2.19. The second-order valence-corrected chi connectivity index (χ2v) is 5.25. The Morgan fingerprint density at radius 1 is 1.38 bits per heavy atom. The van der Waals surface area contributed by atoms with Gasteiger partial charge in [-0.15, -0.1) is 0 Å². The summed E-state index contributed by atoms with van der Waals surface area (Å²) in [6.07, 6.45) is 1.23. The van der Waals surface area contributed by atoms with Crippen LogP contribution in [0.1, 0.15) is 29.3 Å². The number of nitrogen functional groups attached to an aromatic ring is 1. The van der Waals surface area contributed by atoms with E-state index in [1.165, 1.54) is 0 Å². The number of aryl methyl sites for hydroxylation is 3. The van der Waals surface area contributed by atoms with E-state index in [1.54, 1.807) is 0 Å². The minimum atomic E-state index is 0.0390. The molecule has 0 atom stereocenters. The van der Waals surface area contributed by atoms with Gasteiger partial charge in [0.05, 0.1) is 23.6 Å². The average Bonchev–Trinajstić information content (AvgIpc) is 2.76. The second kappa shape index (κ2) is 5.12. The number of anilines is 3. The van der Waals surface area contributed by atoms with Gasteiger partial charge >= 0.3 is 0 Å². The summed E-state index contributed by atoms with van der Waals surface area (Å²) in [4.78, 5) is 15.8. The monoisotopic (exact) mass is 286 g/mol. The van der Waals surface area contributed by atoms with Gasteiger partial charge in [-0.25, -0.2) is 4.98 Å². The number of hydrogen-bond acceptors (Lipinski definition) is 5. The Kier molecular flexibility index (Phi) is 3.29. The number of nitrogens with two attached hydrogens (primary N) is 1. The van der Waals surface area contributed by atoms with Crippen LogP contribution < -0.4 is 16.4 Å². The molecule has 3 rings (SSSR count). The molecule has 110 valence electrons. The van der Waals surface area contributed by atoms with Crippen molar-refractivity contribution in [1.82, 2.24) is 4.98 Å². The van der Waals surface area contributed by atoms with E-state index < -0.39 is 0 Å². The molecule has 2 aromatic rings. The van der Waals surface area contributed by atoms with Crippen LogP contribution in [0.2, 0.25) is 0 Å². The zero-order valence-electron chi connectivity index (χ0n) is 12.1. The van der Waals surface area contributed by atoms with Crippen molar-refractivity contribution in [3.05, 3.63) is 35.0 Å². The molecule has 1 amide bonds. The van der Waals surface area contributed by atoms with E-state index in [0.29, 0.717) is 24.5 Å². The number of nitrogens with one attached hydrogen (secondary N) is 2. The molecular weight excluding hydrogens is 268 g/mol. The highest BCUT2D eigenvalue weighted by Gasteiger charge is 2.17. The topological polar surface area (TPSA) is 93.2 Å². The number of hydrogen-bond donors (Lipinski definition) is 3. The molecule has 6 nitrogen and oxygen atoms in total. The number of carbonyl (C=O) groups excluding carboxylic acids is 1. The summed E-state index contributed by atoms with van der Waals surface area (Å²) >= 11 is 0. The van der Waals surface area contributed by atoms with E-state index in [2.05, 4.69) is 15.6 Å². The SMILES string of the molecule is Cc1nc(CNc2cc3c(cc2N)CCC(=O)N3)oc1C. The van der Waals surface area contributed by atoms with Crippen LogP contribution in [-0.2, 0) is 17.8 Å². The van der Waals surface area contributed by atoms with Crippen molar-refractivity contribution in [2.45, 2.75) is 33.2 Å². The predicted molar refractivity (Wildman–Crippen MR) is 81.1 cm³/mol. The van der Waals surface area contributed by atoms with Crippen LogP contribution in [0.15, 0.2) is 16.5 Å². The van der Waals surface area contributed by atoms with E-state index in [0.717, 1.165) is 34.8 Å². The minimum Gasteiger partial charge on any atom is -0.444 e. The molecule has 1 aliphatic heterocycles. The van der Waals surface area contributed by atoms with Crippen LogP contribution in [-0.4, -0.2) is 10.9 Å². The molecular formula is C15H18N4O2. The minimum absolute atomic E-state index is 0.0390. The predicted octanol–water partition coefficient (Wildman–Crippen LogP) is 2.37. The van der Waals surface area contributed by atoms with Gasteiger partial charge in [0.2, 0.25) is 11.8 Å². The zero-order valence-corrected chi connectivity index (χ0v) is 12.1. The first-order valence-corrected chi connectivity index (χ1v) is 6.92. The van der Waals surface area contributed by atoms with Crippen molar-refractivity contribution in [1.29, 1.82) is 0 Å². The van der Waals surface area contributed by atoms with Gasteiger partial charge in [-0.1, -0.05) is 0 Å². The molecule has 0 radical (unpaired) electrons. The number of amides is 1. The van der Waals surface area contributed by atoms with Crippen LogP contribution in [0, 0.1) is 13.8 Å². The molecule has 0 unspecified atom stereocenters. The van der Waals surface area contributed by atoms with Gasteiger partial charge in [-0.05, 0) is 38.0 Å². The molecule has 21 heavy (non-hydrogen) atoms. The van der Waals surface area contributed by atoms with Crippen molar-refractivity contribution >= 4 is 23.0 Å².